The van der Waals surface area contributed by atoms with Crippen LogP contribution in [0.2, 0.25) is 0 Å². The number of hydrogen-bond acceptors (Lipinski definition) is 3. The van der Waals surface area contributed by atoms with Crippen LogP contribution in [0.1, 0.15) is 29.5 Å². The fourth-order valence-corrected chi connectivity index (χ4v) is 2.68. The largest absolute Gasteiger partial charge is 0.469 e. The molecule has 1 aliphatic rings. The van der Waals surface area contributed by atoms with Crippen LogP contribution in [-0.4, -0.2) is 31.6 Å². The third-order valence-electron chi connectivity index (χ3n) is 3.98. The number of hydrogen-bond donors (Lipinski definition) is 0. The molecule has 0 heterocycles. The molecule has 0 unspecified atom stereocenters. The number of esters is 1. The van der Waals surface area contributed by atoms with E-state index in [0.29, 0.717) is 0 Å². The SMILES string of the molecule is COC(=O)C1(CN(C)Cc2ccc(C)cc2C)CC1. The summed E-state index contributed by atoms with van der Waals surface area (Å²) < 4.78 is 4.90. The van der Waals surface area contributed by atoms with Crippen LogP contribution in [0, 0.1) is 19.3 Å². The van der Waals surface area contributed by atoms with E-state index in [1.807, 2.05) is 0 Å². The van der Waals surface area contributed by atoms with Crippen LogP contribution < -0.4 is 0 Å². The molecule has 0 aliphatic heterocycles. The summed E-state index contributed by atoms with van der Waals surface area (Å²) in [5.74, 6) is -0.0556. The Hall–Kier alpha value is -1.35. The monoisotopic (exact) mass is 261 g/mol. The van der Waals surface area contributed by atoms with E-state index in [0.717, 1.165) is 25.9 Å². The lowest BCUT2D eigenvalue weighted by molar-refractivity contribution is -0.147. The Morgan fingerprint density at radius 1 is 1.37 bits per heavy atom. The molecule has 1 aromatic rings. The van der Waals surface area contributed by atoms with Gasteiger partial charge in [0, 0.05) is 13.1 Å². The van der Waals surface area contributed by atoms with Crippen LogP contribution in [0.5, 0.6) is 0 Å². The fraction of sp³-hybridized carbons (Fsp3) is 0.562. The molecule has 104 valence electrons. The first-order chi connectivity index (χ1) is 8.97. The summed E-state index contributed by atoms with van der Waals surface area (Å²) in [5, 5.41) is 0. The molecule has 0 bridgehead atoms. The molecule has 1 saturated carbocycles. The summed E-state index contributed by atoms with van der Waals surface area (Å²) in [6.45, 7) is 5.91. The molecule has 0 N–H and O–H groups in total. The molecular formula is C16H23NO2. The molecule has 0 saturated heterocycles. The maximum absolute atomic E-state index is 11.7. The lowest BCUT2D eigenvalue weighted by Gasteiger charge is -2.23. The molecule has 0 spiro atoms. The highest BCUT2D eigenvalue weighted by atomic mass is 16.5. The van der Waals surface area contributed by atoms with Gasteiger partial charge in [-0.05, 0) is 44.9 Å². The van der Waals surface area contributed by atoms with Crippen LogP contribution in [-0.2, 0) is 16.1 Å². The highest BCUT2D eigenvalue weighted by Crippen LogP contribution is 2.47. The van der Waals surface area contributed by atoms with Gasteiger partial charge in [0.15, 0.2) is 0 Å². The molecule has 0 aromatic heterocycles. The van der Waals surface area contributed by atoms with E-state index in [1.54, 1.807) is 0 Å². The molecule has 19 heavy (non-hydrogen) atoms. The van der Waals surface area contributed by atoms with E-state index >= 15 is 0 Å². The van der Waals surface area contributed by atoms with Gasteiger partial charge in [0.25, 0.3) is 0 Å². The number of nitrogens with zero attached hydrogens (tertiary/aromatic N) is 1. The second kappa shape index (κ2) is 5.33. The number of carbonyl (C=O) groups is 1. The molecule has 3 heteroatoms. The van der Waals surface area contributed by atoms with Gasteiger partial charge in [0.1, 0.15) is 0 Å². The van der Waals surface area contributed by atoms with E-state index in [1.165, 1.54) is 23.8 Å². The molecule has 3 nitrogen and oxygen atoms in total. The topological polar surface area (TPSA) is 29.5 Å². The first kappa shape index (κ1) is 14.1. The van der Waals surface area contributed by atoms with Crippen molar-refractivity contribution < 1.29 is 9.53 Å². The van der Waals surface area contributed by atoms with Crippen molar-refractivity contribution in [2.45, 2.75) is 33.2 Å². The van der Waals surface area contributed by atoms with E-state index in [2.05, 4.69) is 44.0 Å². The van der Waals surface area contributed by atoms with Gasteiger partial charge >= 0.3 is 5.97 Å². The minimum Gasteiger partial charge on any atom is -0.469 e. The Kier molecular flexibility index (Phi) is 3.95. The smallest absolute Gasteiger partial charge is 0.313 e. The predicted octanol–water partition coefficient (Wildman–Crippen LogP) is 2.69. The fourth-order valence-electron chi connectivity index (χ4n) is 2.68. The number of methoxy groups -OCH3 is 1. The van der Waals surface area contributed by atoms with Gasteiger partial charge in [0.05, 0.1) is 12.5 Å². The highest BCUT2D eigenvalue weighted by Gasteiger charge is 2.51. The molecule has 0 atom stereocenters. The lowest BCUT2D eigenvalue weighted by atomic mass is 10.0. The van der Waals surface area contributed by atoms with Gasteiger partial charge in [-0.1, -0.05) is 23.8 Å². The minimum atomic E-state index is -0.234. The Morgan fingerprint density at radius 2 is 2.05 bits per heavy atom. The zero-order valence-electron chi connectivity index (χ0n) is 12.3. The van der Waals surface area contributed by atoms with Crippen molar-refractivity contribution in [3.8, 4) is 0 Å². The lowest BCUT2D eigenvalue weighted by Crippen LogP contribution is -2.32. The van der Waals surface area contributed by atoms with Crippen LogP contribution in [0.4, 0.5) is 0 Å². The standard InChI is InChI=1S/C16H23NO2/c1-12-5-6-14(13(2)9-12)10-17(3)11-16(7-8-16)15(18)19-4/h5-6,9H,7-8,10-11H2,1-4H3. The molecule has 0 radical (unpaired) electrons. The molecule has 1 aliphatic carbocycles. The molecule has 1 fully saturated rings. The summed E-state index contributed by atoms with van der Waals surface area (Å²) in [5.41, 5.74) is 3.70. The van der Waals surface area contributed by atoms with Gasteiger partial charge in [-0.15, -0.1) is 0 Å². The van der Waals surface area contributed by atoms with Crippen molar-refractivity contribution in [2.24, 2.45) is 5.41 Å². The zero-order chi connectivity index (χ0) is 14.0. The molecule has 1 aromatic carbocycles. The third kappa shape index (κ3) is 3.16. The van der Waals surface area contributed by atoms with Gasteiger partial charge < -0.3 is 9.64 Å². The normalized spacial score (nSPS) is 16.5. The number of aryl methyl sites for hydroxylation is 2. The Bertz CT molecular complexity index is 478. The Morgan fingerprint density at radius 3 is 2.58 bits per heavy atom. The van der Waals surface area contributed by atoms with Crippen LogP contribution in [0.3, 0.4) is 0 Å². The highest BCUT2D eigenvalue weighted by molar-refractivity contribution is 5.80. The summed E-state index contributed by atoms with van der Waals surface area (Å²) in [6.07, 6.45) is 1.91. The maximum Gasteiger partial charge on any atom is 0.313 e. The van der Waals surface area contributed by atoms with Gasteiger partial charge in [0.2, 0.25) is 0 Å². The average molecular weight is 261 g/mol. The Labute approximate surface area is 115 Å². The summed E-state index contributed by atoms with van der Waals surface area (Å²) >= 11 is 0. The average Bonchev–Trinajstić information content (AvgIpc) is 3.12. The summed E-state index contributed by atoms with van der Waals surface area (Å²) in [4.78, 5) is 14.0. The zero-order valence-corrected chi connectivity index (χ0v) is 12.3. The molecular weight excluding hydrogens is 238 g/mol. The van der Waals surface area contributed by atoms with Crippen LogP contribution in [0.15, 0.2) is 18.2 Å². The predicted molar refractivity (Wildman–Crippen MR) is 75.9 cm³/mol. The van der Waals surface area contributed by atoms with E-state index < -0.39 is 0 Å². The minimum absolute atomic E-state index is 0.0556. The van der Waals surface area contributed by atoms with Crippen molar-refractivity contribution in [2.75, 3.05) is 20.7 Å². The molecule has 2 rings (SSSR count). The number of benzene rings is 1. The molecule has 0 amide bonds. The van der Waals surface area contributed by atoms with Crippen LogP contribution in [0.25, 0.3) is 0 Å². The maximum atomic E-state index is 11.7. The van der Waals surface area contributed by atoms with E-state index in [-0.39, 0.29) is 11.4 Å². The quantitative estimate of drug-likeness (QED) is 0.763. The van der Waals surface area contributed by atoms with E-state index in [4.69, 9.17) is 4.74 Å². The third-order valence-corrected chi connectivity index (χ3v) is 3.98. The number of carbonyl (C=O) groups excluding carboxylic acids is 1. The second-order valence-electron chi connectivity index (χ2n) is 5.87. The first-order valence-corrected chi connectivity index (χ1v) is 6.80. The van der Waals surface area contributed by atoms with Gasteiger partial charge in [-0.25, -0.2) is 0 Å². The van der Waals surface area contributed by atoms with Crippen molar-refractivity contribution in [3.05, 3.63) is 34.9 Å². The van der Waals surface area contributed by atoms with Gasteiger partial charge in [-0.3, -0.25) is 4.79 Å². The van der Waals surface area contributed by atoms with Gasteiger partial charge in [-0.2, -0.15) is 0 Å². The van der Waals surface area contributed by atoms with E-state index in [9.17, 15) is 4.79 Å². The first-order valence-electron chi connectivity index (χ1n) is 6.80. The Balaban J connectivity index is 1.98. The number of ether oxygens (including phenoxy) is 1. The second-order valence-corrected chi connectivity index (χ2v) is 5.87. The summed E-state index contributed by atoms with van der Waals surface area (Å²) in [7, 11) is 3.55. The van der Waals surface area contributed by atoms with Crippen molar-refractivity contribution >= 4 is 5.97 Å². The summed E-state index contributed by atoms with van der Waals surface area (Å²) in [6, 6.07) is 6.53. The van der Waals surface area contributed by atoms with Crippen LogP contribution >= 0.6 is 0 Å². The van der Waals surface area contributed by atoms with Crippen molar-refractivity contribution in [1.82, 2.24) is 4.90 Å². The van der Waals surface area contributed by atoms with Crippen molar-refractivity contribution in [1.29, 1.82) is 0 Å². The van der Waals surface area contributed by atoms with Crippen molar-refractivity contribution in [3.63, 3.8) is 0 Å². The number of rotatable bonds is 5.